The van der Waals surface area contributed by atoms with Gasteiger partial charge in [0.15, 0.2) is 0 Å². The minimum Gasteiger partial charge on any atom is -0.352 e. The van der Waals surface area contributed by atoms with Crippen molar-refractivity contribution in [3.8, 4) is 0 Å². The second-order valence-corrected chi connectivity index (χ2v) is 8.38. The number of nitrogens with zero attached hydrogens (tertiary/aromatic N) is 1. The van der Waals surface area contributed by atoms with Crippen LogP contribution in [0, 0.1) is 6.92 Å². The molecule has 0 spiro atoms. The van der Waals surface area contributed by atoms with Crippen LogP contribution in [-0.2, 0) is 16.4 Å². The highest BCUT2D eigenvalue weighted by molar-refractivity contribution is 7.92. The first-order chi connectivity index (χ1) is 12.8. The number of nitrogens with one attached hydrogen (secondary N) is 1. The van der Waals surface area contributed by atoms with E-state index >= 15 is 0 Å². The van der Waals surface area contributed by atoms with Gasteiger partial charge >= 0.3 is 0 Å². The Labute approximate surface area is 161 Å². The van der Waals surface area contributed by atoms with Crippen LogP contribution in [-0.4, -0.2) is 33.7 Å². The average Bonchev–Trinajstić information content (AvgIpc) is 2.62. The Kier molecular flexibility index (Phi) is 7.19. The van der Waals surface area contributed by atoms with Crippen molar-refractivity contribution < 1.29 is 13.2 Å². The smallest absolute Gasteiger partial charge is 0.251 e. The van der Waals surface area contributed by atoms with Gasteiger partial charge in [0.1, 0.15) is 0 Å². The minimum atomic E-state index is -3.40. The predicted molar refractivity (Wildman–Crippen MR) is 111 cm³/mol. The molecule has 0 fully saturated rings. The number of hydrogen-bond acceptors (Lipinski definition) is 3. The predicted octanol–water partition coefficient (Wildman–Crippen LogP) is 3.31. The quantitative estimate of drug-likeness (QED) is 0.531. The maximum absolute atomic E-state index is 12.3. The molecule has 5 nitrogen and oxygen atoms in total. The van der Waals surface area contributed by atoms with Crippen molar-refractivity contribution in [3.63, 3.8) is 0 Å². The molecule has 0 saturated carbocycles. The standard InChI is InChI=1S/C21H26N2O3S/c1-4-15-23(27(3,25)26)20-12-10-19(11-13-20)21(24)22-14-6-9-18-8-5-7-17(2)16-18/h4-5,7-8,10-13,16H,1,6,9,14-15H2,2-3H3,(H,22,24). The highest BCUT2D eigenvalue weighted by Crippen LogP contribution is 2.18. The van der Waals surface area contributed by atoms with Gasteiger partial charge in [-0.2, -0.15) is 0 Å². The molecule has 1 amide bonds. The number of anilines is 1. The van der Waals surface area contributed by atoms with Crippen LogP contribution in [0.3, 0.4) is 0 Å². The summed E-state index contributed by atoms with van der Waals surface area (Å²) in [5.41, 5.74) is 3.50. The van der Waals surface area contributed by atoms with E-state index in [1.807, 2.05) is 6.07 Å². The molecular weight excluding hydrogens is 360 g/mol. The van der Waals surface area contributed by atoms with Gasteiger partial charge in [-0.05, 0) is 49.6 Å². The van der Waals surface area contributed by atoms with Crippen molar-refractivity contribution in [2.24, 2.45) is 0 Å². The van der Waals surface area contributed by atoms with Gasteiger partial charge in [-0.25, -0.2) is 8.42 Å². The summed E-state index contributed by atoms with van der Waals surface area (Å²) in [6.45, 7) is 6.42. The second-order valence-electron chi connectivity index (χ2n) is 6.48. The first-order valence-corrected chi connectivity index (χ1v) is 10.7. The summed E-state index contributed by atoms with van der Waals surface area (Å²) < 4.78 is 24.9. The van der Waals surface area contributed by atoms with Crippen LogP contribution in [0.1, 0.15) is 27.9 Å². The molecule has 6 heteroatoms. The van der Waals surface area contributed by atoms with E-state index in [0.717, 1.165) is 19.1 Å². The number of aryl methyl sites for hydroxylation is 2. The number of hydrogen-bond donors (Lipinski definition) is 1. The van der Waals surface area contributed by atoms with Gasteiger partial charge in [-0.1, -0.05) is 35.9 Å². The first-order valence-electron chi connectivity index (χ1n) is 8.83. The molecule has 2 aromatic carbocycles. The fourth-order valence-corrected chi connectivity index (χ4v) is 3.67. The van der Waals surface area contributed by atoms with Gasteiger partial charge in [-0.3, -0.25) is 9.10 Å². The van der Waals surface area contributed by atoms with E-state index in [0.29, 0.717) is 17.8 Å². The minimum absolute atomic E-state index is 0.166. The number of sulfonamides is 1. The molecule has 144 valence electrons. The van der Waals surface area contributed by atoms with Crippen molar-refractivity contribution >= 4 is 21.6 Å². The van der Waals surface area contributed by atoms with Crippen LogP contribution in [0.4, 0.5) is 5.69 Å². The molecule has 27 heavy (non-hydrogen) atoms. The van der Waals surface area contributed by atoms with Gasteiger partial charge in [0.25, 0.3) is 5.91 Å². The van der Waals surface area contributed by atoms with Crippen molar-refractivity contribution in [1.82, 2.24) is 5.32 Å². The zero-order valence-electron chi connectivity index (χ0n) is 15.8. The summed E-state index contributed by atoms with van der Waals surface area (Å²) in [7, 11) is -3.40. The summed E-state index contributed by atoms with van der Waals surface area (Å²) in [5, 5.41) is 2.90. The zero-order chi connectivity index (χ0) is 19.9. The molecular formula is C21H26N2O3S. The normalized spacial score (nSPS) is 11.0. The van der Waals surface area contributed by atoms with E-state index in [9.17, 15) is 13.2 Å². The van der Waals surface area contributed by atoms with Gasteiger partial charge in [0.2, 0.25) is 10.0 Å². The zero-order valence-corrected chi connectivity index (χ0v) is 16.6. The van der Waals surface area contributed by atoms with Crippen LogP contribution in [0.25, 0.3) is 0 Å². The number of rotatable bonds is 9. The van der Waals surface area contributed by atoms with Crippen molar-refractivity contribution in [2.75, 3.05) is 23.7 Å². The van der Waals surface area contributed by atoms with Crippen LogP contribution >= 0.6 is 0 Å². The Balaban J connectivity index is 1.90. The van der Waals surface area contributed by atoms with E-state index in [2.05, 4.69) is 37.0 Å². The fourth-order valence-electron chi connectivity index (χ4n) is 2.79. The van der Waals surface area contributed by atoms with Gasteiger partial charge < -0.3 is 5.32 Å². The van der Waals surface area contributed by atoms with Crippen LogP contribution in [0.5, 0.6) is 0 Å². The maximum atomic E-state index is 12.3. The Hall–Kier alpha value is -2.60. The van der Waals surface area contributed by atoms with Crippen LogP contribution in [0.2, 0.25) is 0 Å². The maximum Gasteiger partial charge on any atom is 0.251 e. The van der Waals surface area contributed by atoms with Gasteiger partial charge in [-0.15, -0.1) is 6.58 Å². The molecule has 0 saturated heterocycles. The summed E-state index contributed by atoms with van der Waals surface area (Å²) in [5.74, 6) is -0.166. The summed E-state index contributed by atoms with van der Waals surface area (Å²) in [6, 6.07) is 14.9. The lowest BCUT2D eigenvalue weighted by molar-refractivity contribution is 0.0953. The van der Waals surface area contributed by atoms with Crippen LogP contribution in [0.15, 0.2) is 61.2 Å². The summed E-state index contributed by atoms with van der Waals surface area (Å²) in [4.78, 5) is 12.3. The highest BCUT2D eigenvalue weighted by atomic mass is 32.2. The van der Waals surface area contributed by atoms with E-state index in [4.69, 9.17) is 0 Å². The van der Waals surface area contributed by atoms with Crippen LogP contribution < -0.4 is 9.62 Å². The van der Waals surface area contributed by atoms with Crippen molar-refractivity contribution in [1.29, 1.82) is 0 Å². The molecule has 1 N–H and O–H groups in total. The molecule has 0 aliphatic heterocycles. The van der Waals surface area contributed by atoms with Crippen molar-refractivity contribution in [2.45, 2.75) is 19.8 Å². The third kappa shape index (κ3) is 6.25. The van der Waals surface area contributed by atoms with E-state index < -0.39 is 10.0 Å². The van der Waals surface area contributed by atoms with Gasteiger partial charge in [0.05, 0.1) is 18.5 Å². The number of carbonyl (C=O) groups is 1. The third-order valence-electron chi connectivity index (χ3n) is 4.12. The monoisotopic (exact) mass is 386 g/mol. The Morgan fingerprint density at radius 2 is 1.89 bits per heavy atom. The molecule has 0 unspecified atom stereocenters. The summed E-state index contributed by atoms with van der Waals surface area (Å²) in [6.07, 6.45) is 4.43. The Morgan fingerprint density at radius 3 is 2.48 bits per heavy atom. The molecule has 2 aromatic rings. The molecule has 0 atom stereocenters. The SMILES string of the molecule is C=CCN(c1ccc(C(=O)NCCCc2cccc(C)c2)cc1)S(C)(=O)=O. The summed E-state index contributed by atoms with van der Waals surface area (Å²) >= 11 is 0. The number of benzene rings is 2. The molecule has 0 aliphatic carbocycles. The number of amides is 1. The lowest BCUT2D eigenvalue weighted by Crippen LogP contribution is -2.30. The second kappa shape index (κ2) is 9.37. The average molecular weight is 387 g/mol. The van der Waals surface area contributed by atoms with Gasteiger partial charge in [0, 0.05) is 12.1 Å². The van der Waals surface area contributed by atoms with E-state index in [-0.39, 0.29) is 12.5 Å². The molecule has 0 radical (unpaired) electrons. The van der Waals surface area contributed by atoms with Crippen molar-refractivity contribution in [3.05, 3.63) is 77.9 Å². The largest absolute Gasteiger partial charge is 0.352 e. The van der Waals surface area contributed by atoms with E-state index in [1.54, 1.807) is 24.3 Å². The molecule has 0 aliphatic rings. The van der Waals surface area contributed by atoms with E-state index in [1.165, 1.54) is 21.5 Å². The fraction of sp³-hybridized carbons (Fsp3) is 0.286. The first kappa shape index (κ1) is 20.7. The molecule has 2 rings (SSSR count). The Bertz CT molecular complexity index is 890. The lowest BCUT2D eigenvalue weighted by atomic mass is 10.1. The Morgan fingerprint density at radius 1 is 1.19 bits per heavy atom. The topological polar surface area (TPSA) is 66.5 Å². The molecule has 0 bridgehead atoms. The highest BCUT2D eigenvalue weighted by Gasteiger charge is 2.16. The number of carbonyl (C=O) groups excluding carboxylic acids is 1. The lowest BCUT2D eigenvalue weighted by Gasteiger charge is -2.20. The third-order valence-corrected chi connectivity index (χ3v) is 5.28. The molecule has 0 aromatic heterocycles. The molecule has 0 heterocycles.